The van der Waals surface area contributed by atoms with E-state index < -0.39 is 10.0 Å². The number of amides is 1. The molecule has 0 unspecified atom stereocenters. The van der Waals surface area contributed by atoms with Crippen molar-refractivity contribution in [2.24, 2.45) is 0 Å². The van der Waals surface area contributed by atoms with E-state index in [2.05, 4.69) is 15.0 Å². The third-order valence-electron chi connectivity index (χ3n) is 2.35. The molecule has 0 aliphatic heterocycles. The quantitative estimate of drug-likeness (QED) is 0.897. The molecule has 1 aromatic carbocycles. The largest absolute Gasteiger partial charge is 0.321 e. The molecule has 0 radical (unpaired) electrons. The number of carbonyl (C=O) groups is 1. The Morgan fingerprint density at radius 2 is 1.90 bits per heavy atom. The van der Waals surface area contributed by atoms with Crippen molar-refractivity contribution < 1.29 is 13.2 Å². The lowest BCUT2D eigenvalue weighted by atomic mass is 10.2. The fourth-order valence-corrected chi connectivity index (χ4v) is 2.13. The van der Waals surface area contributed by atoms with Crippen molar-refractivity contribution in [1.29, 1.82) is 0 Å². The summed E-state index contributed by atoms with van der Waals surface area (Å²) in [6.07, 6.45) is 4.18. The molecule has 0 atom stereocenters. The van der Waals surface area contributed by atoms with Gasteiger partial charge in [0.25, 0.3) is 5.91 Å². The predicted octanol–water partition coefficient (Wildman–Crippen LogP) is 1.71. The standard InChI is InChI=1S/C13H13N3O3S/c1-20(18,19)16-11-5-2-4-10(8-11)13(17)15-12-6-3-7-14-9-12/h2-9,16H,1H3,(H,15,17). The average Bonchev–Trinajstić information content (AvgIpc) is 2.38. The van der Waals surface area contributed by atoms with E-state index in [9.17, 15) is 13.2 Å². The van der Waals surface area contributed by atoms with E-state index in [1.54, 1.807) is 36.5 Å². The van der Waals surface area contributed by atoms with Crippen molar-refractivity contribution >= 4 is 27.3 Å². The molecule has 1 amide bonds. The van der Waals surface area contributed by atoms with Gasteiger partial charge in [0.15, 0.2) is 0 Å². The van der Waals surface area contributed by atoms with Gasteiger partial charge in [0.1, 0.15) is 0 Å². The molecule has 0 saturated heterocycles. The van der Waals surface area contributed by atoms with Crippen LogP contribution < -0.4 is 10.0 Å². The molecule has 1 aromatic heterocycles. The minimum atomic E-state index is -3.37. The van der Waals surface area contributed by atoms with Crippen LogP contribution in [0, 0.1) is 0 Å². The zero-order chi connectivity index (χ0) is 14.6. The smallest absolute Gasteiger partial charge is 0.255 e. The molecule has 0 bridgehead atoms. The first-order valence-corrected chi connectivity index (χ1v) is 7.62. The third-order valence-corrected chi connectivity index (χ3v) is 2.95. The van der Waals surface area contributed by atoms with Gasteiger partial charge in [0.2, 0.25) is 10.0 Å². The van der Waals surface area contributed by atoms with Gasteiger partial charge in [0, 0.05) is 17.4 Å². The lowest BCUT2D eigenvalue weighted by Crippen LogP contribution is -2.13. The summed E-state index contributed by atoms with van der Waals surface area (Å²) in [5.74, 6) is -0.338. The van der Waals surface area contributed by atoms with Crippen molar-refractivity contribution in [2.45, 2.75) is 0 Å². The van der Waals surface area contributed by atoms with E-state index >= 15 is 0 Å². The number of nitrogens with zero attached hydrogens (tertiary/aromatic N) is 1. The molecule has 2 aromatic rings. The lowest BCUT2D eigenvalue weighted by molar-refractivity contribution is 0.102. The Hall–Kier alpha value is -2.41. The fourth-order valence-electron chi connectivity index (χ4n) is 1.58. The van der Waals surface area contributed by atoms with Crippen LogP contribution in [0.3, 0.4) is 0 Å². The first-order valence-electron chi connectivity index (χ1n) is 5.73. The number of hydrogen-bond acceptors (Lipinski definition) is 4. The van der Waals surface area contributed by atoms with Gasteiger partial charge in [-0.1, -0.05) is 6.07 Å². The number of sulfonamides is 1. The summed E-state index contributed by atoms with van der Waals surface area (Å²) in [4.78, 5) is 15.9. The molecule has 6 nitrogen and oxygen atoms in total. The number of hydrogen-bond donors (Lipinski definition) is 2. The lowest BCUT2D eigenvalue weighted by Gasteiger charge is -2.07. The fraction of sp³-hybridized carbons (Fsp3) is 0.0769. The molecule has 0 fully saturated rings. The van der Waals surface area contributed by atoms with Gasteiger partial charge in [-0.15, -0.1) is 0 Å². The summed E-state index contributed by atoms with van der Waals surface area (Å²) in [6, 6.07) is 9.65. The van der Waals surface area contributed by atoms with Gasteiger partial charge in [-0.25, -0.2) is 8.42 Å². The number of anilines is 2. The van der Waals surface area contributed by atoms with E-state index in [1.807, 2.05) is 0 Å². The van der Waals surface area contributed by atoms with Crippen molar-refractivity contribution in [3.63, 3.8) is 0 Å². The maximum Gasteiger partial charge on any atom is 0.255 e. The molecule has 20 heavy (non-hydrogen) atoms. The minimum Gasteiger partial charge on any atom is -0.321 e. The molecule has 2 rings (SSSR count). The molecule has 104 valence electrons. The maximum absolute atomic E-state index is 12.0. The van der Waals surface area contributed by atoms with Gasteiger partial charge < -0.3 is 5.32 Å². The molecule has 2 N–H and O–H groups in total. The maximum atomic E-state index is 12.0. The van der Waals surface area contributed by atoms with Crippen LogP contribution >= 0.6 is 0 Å². The van der Waals surface area contributed by atoms with Crippen molar-refractivity contribution in [3.05, 3.63) is 54.4 Å². The van der Waals surface area contributed by atoms with Crippen LogP contribution in [0.4, 0.5) is 11.4 Å². The molecule has 7 heteroatoms. The van der Waals surface area contributed by atoms with Gasteiger partial charge in [-0.3, -0.25) is 14.5 Å². The Bertz CT molecular complexity index is 715. The molecular weight excluding hydrogens is 278 g/mol. The first kappa shape index (κ1) is 14.0. The van der Waals surface area contributed by atoms with Crippen molar-refractivity contribution in [1.82, 2.24) is 4.98 Å². The molecular formula is C13H13N3O3S. The number of pyridine rings is 1. The number of nitrogens with one attached hydrogen (secondary N) is 2. The summed E-state index contributed by atoms with van der Waals surface area (Å²) in [5, 5.41) is 2.67. The van der Waals surface area contributed by atoms with E-state index in [-0.39, 0.29) is 5.91 Å². The second-order valence-corrected chi connectivity index (χ2v) is 5.90. The second kappa shape index (κ2) is 5.70. The van der Waals surface area contributed by atoms with E-state index in [0.717, 1.165) is 6.26 Å². The minimum absolute atomic E-state index is 0.338. The highest BCUT2D eigenvalue weighted by Crippen LogP contribution is 2.13. The summed E-state index contributed by atoms with van der Waals surface area (Å²) in [6.45, 7) is 0. The van der Waals surface area contributed by atoms with Crippen LogP contribution in [0.25, 0.3) is 0 Å². The number of rotatable bonds is 4. The average molecular weight is 291 g/mol. The van der Waals surface area contributed by atoms with E-state index in [0.29, 0.717) is 16.9 Å². The highest BCUT2D eigenvalue weighted by molar-refractivity contribution is 7.92. The third kappa shape index (κ3) is 4.06. The first-order chi connectivity index (χ1) is 9.44. The van der Waals surface area contributed by atoms with Crippen LogP contribution in [-0.4, -0.2) is 25.6 Å². The summed E-state index contributed by atoms with van der Waals surface area (Å²) in [5.41, 5.74) is 1.26. The Labute approximate surface area is 116 Å². The summed E-state index contributed by atoms with van der Waals surface area (Å²) < 4.78 is 24.6. The zero-order valence-electron chi connectivity index (χ0n) is 10.7. The Morgan fingerprint density at radius 3 is 2.55 bits per heavy atom. The van der Waals surface area contributed by atoms with Crippen molar-refractivity contribution in [3.8, 4) is 0 Å². The van der Waals surface area contributed by atoms with Crippen LogP contribution in [0.2, 0.25) is 0 Å². The summed E-state index contributed by atoms with van der Waals surface area (Å²) >= 11 is 0. The highest BCUT2D eigenvalue weighted by atomic mass is 32.2. The van der Waals surface area contributed by atoms with Crippen LogP contribution in [-0.2, 0) is 10.0 Å². The SMILES string of the molecule is CS(=O)(=O)Nc1cccc(C(=O)Nc2cccnc2)c1. The Kier molecular flexibility index (Phi) is 3.99. The molecule has 0 spiro atoms. The molecule has 0 saturated carbocycles. The molecule has 0 aliphatic rings. The van der Waals surface area contributed by atoms with Gasteiger partial charge >= 0.3 is 0 Å². The number of carbonyl (C=O) groups excluding carboxylic acids is 1. The van der Waals surface area contributed by atoms with Crippen LogP contribution in [0.5, 0.6) is 0 Å². The molecule has 1 heterocycles. The second-order valence-electron chi connectivity index (χ2n) is 4.15. The summed E-state index contributed by atoms with van der Waals surface area (Å²) in [7, 11) is -3.37. The number of aromatic nitrogens is 1. The monoisotopic (exact) mass is 291 g/mol. The normalized spacial score (nSPS) is 10.8. The van der Waals surface area contributed by atoms with Crippen LogP contribution in [0.15, 0.2) is 48.8 Å². The highest BCUT2D eigenvalue weighted by Gasteiger charge is 2.08. The topological polar surface area (TPSA) is 88.2 Å². The Balaban J connectivity index is 2.16. The zero-order valence-corrected chi connectivity index (χ0v) is 11.5. The van der Waals surface area contributed by atoms with Crippen molar-refractivity contribution in [2.75, 3.05) is 16.3 Å². The molecule has 0 aliphatic carbocycles. The van der Waals surface area contributed by atoms with E-state index in [4.69, 9.17) is 0 Å². The van der Waals surface area contributed by atoms with Crippen LogP contribution in [0.1, 0.15) is 10.4 Å². The van der Waals surface area contributed by atoms with Gasteiger partial charge in [-0.05, 0) is 30.3 Å². The Morgan fingerprint density at radius 1 is 1.15 bits per heavy atom. The van der Waals surface area contributed by atoms with Gasteiger partial charge in [-0.2, -0.15) is 0 Å². The predicted molar refractivity (Wildman–Crippen MR) is 77.1 cm³/mol. The van der Waals surface area contributed by atoms with Gasteiger partial charge in [0.05, 0.1) is 18.1 Å². The number of benzene rings is 1. The van der Waals surface area contributed by atoms with E-state index in [1.165, 1.54) is 12.3 Å².